The van der Waals surface area contributed by atoms with E-state index in [2.05, 4.69) is 6.58 Å². The molecule has 106 valence electrons. The van der Waals surface area contributed by atoms with E-state index in [4.69, 9.17) is 10.5 Å². The van der Waals surface area contributed by atoms with E-state index in [1.807, 2.05) is 45.0 Å². The summed E-state index contributed by atoms with van der Waals surface area (Å²) in [6.07, 6.45) is 2.31. The fourth-order valence-corrected chi connectivity index (χ4v) is 1.80. The zero-order chi connectivity index (χ0) is 14.5. The van der Waals surface area contributed by atoms with Crippen molar-refractivity contribution < 1.29 is 9.84 Å². The quantitative estimate of drug-likeness (QED) is 0.776. The summed E-state index contributed by atoms with van der Waals surface area (Å²) in [7, 11) is 0. The average molecular weight is 263 g/mol. The third kappa shape index (κ3) is 5.90. The molecule has 0 amide bonds. The van der Waals surface area contributed by atoms with Gasteiger partial charge in [-0.1, -0.05) is 18.2 Å². The molecule has 0 aromatic heterocycles. The summed E-state index contributed by atoms with van der Waals surface area (Å²) in [5, 5.41) is 9.77. The molecule has 0 fully saturated rings. The van der Waals surface area contributed by atoms with Gasteiger partial charge in [0.2, 0.25) is 0 Å². The minimum atomic E-state index is -0.539. The summed E-state index contributed by atoms with van der Waals surface area (Å²) >= 11 is 0. The first kappa shape index (κ1) is 15.7. The van der Waals surface area contributed by atoms with Gasteiger partial charge in [-0.25, -0.2) is 0 Å². The minimum absolute atomic E-state index is 0.196. The van der Waals surface area contributed by atoms with Crippen LogP contribution in [0.4, 0.5) is 0 Å². The number of hydrogen-bond acceptors (Lipinski definition) is 3. The molecule has 0 unspecified atom stereocenters. The maximum atomic E-state index is 9.77. The van der Waals surface area contributed by atoms with Crippen LogP contribution in [0.2, 0.25) is 0 Å². The van der Waals surface area contributed by atoms with E-state index in [9.17, 15) is 5.11 Å². The highest BCUT2D eigenvalue weighted by Crippen LogP contribution is 2.19. The Morgan fingerprint density at radius 3 is 2.37 bits per heavy atom. The van der Waals surface area contributed by atoms with Crippen molar-refractivity contribution in [2.45, 2.75) is 51.4 Å². The number of nitrogens with two attached hydrogens (primary N) is 1. The lowest BCUT2D eigenvalue weighted by Crippen LogP contribution is -2.36. The van der Waals surface area contributed by atoms with Crippen LogP contribution in [0, 0.1) is 0 Å². The van der Waals surface area contributed by atoms with Crippen molar-refractivity contribution in [2.24, 2.45) is 5.73 Å². The summed E-state index contributed by atoms with van der Waals surface area (Å²) in [4.78, 5) is 0. The Bertz CT molecular complexity index is 392. The van der Waals surface area contributed by atoms with E-state index in [0.717, 1.165) is 11.3 Å². The normalized spacial score (nSPS) is 14.8. The molecule has 0 aliphatic rings. The lowest BCUT2D eigenvalue weighted by Gasteiger charge is -2.22. The lowest BCUT2D eigenvalue weighted by atomic mass is 10.00. The molecule has 0 aliphatic heterocycles. The monoisotopic (exact) mass is 263 g/mol. The molecule has 2 atom stereocenters. The molecule has 0 heterocycles. The molecular weight excluding hydrogens is 238 g/mol. The largest absolute Gasteiger partial charge is 0.488 e. The van der Waals surface area contributed by atoms with Gasteiger partial charge in [-0.05, 0) is 51.3 Å². The van der Waals surface area contributed by atoms with E-state index in [1.54, 1.807) is 6.08 Å². The first-order valence-electron chi connectivity index (χ1n) is 6.64. The Hall–Kier alpha value is -1.32. The van der Waals surface area contributed by atoms with Crippen LogP contribution in [0.15, 0.2) is 36.9 Å². The number of hydrogen-bond donors (Lipinski definition) is 2. The molecule has 0 aliphatic carbocycles. The molecular formula is C16H25NO2. The highest BCUT2D eigenvalue weighted by atomic mass is 16.5. The SMILES string of the molecule is C=CC[C@H](O)[C@@H](N)Cc1ccc(OC(C)(C)C)cc1. The zero-order valence-corrected chi connectivity index (χ0v) is 12.1. The topological polar surface area (TPSA) is 55.5 Å². The zero-order valence-electron chi connectivity index (χ0n) is 12.1. The van der Waals surface area contributed by atoms with Gasteiger partial charge in [-0.3, -0.25) is 0 Å². The molecule has 3 N–H and O–H groups in total. The molecule has 19 heavy (non-hydrogen) atoms. The maximum Gasteiger partial charge on any atom is 0.120 e. The van der Waals surface area contributed by atoms with Crippen LogP contribution in [0.5, 0.6) is 5.75 Å². The van der Waals surface area contributed by atoms with Crippen molar-refractivity contribution in [3.05, 3.63) is 42.5 Å². The van der Waals surface area contributed by atoms with E-state index in [1.165, 1.54) is 0 Å². The summed E-state index contributed by atoms with van der Waals surface area (Å²) in [6.45, 7) is 9.65. The van der Waals surface area contributed by atoms with Crippen molar-refractivity contribution >= 4 is 0 Å². The third-order valence-corrected chi connectivity index (χ3v) is 2.72. The van der Waals surface area contributed by atoms with Crippen LogP contribution < -0.4 is 10.5 Å². The fourth-order valence-electron chi connectivity index (χ4n) is 1.80. The molecule has 1 aromatic rings. The molecule has 3 heteroatoms. The van der Waals surface area contributed by atoms with Gasteiger partial charge in [0.15, 0.2) is 0 Å². The first-order valence-corrected chi connectivity index (χ1v) is 6.64. The second kappa shape index (κ2) is 6.73. The minimum Gasteiger partial charge on any atom is -0.488 e. The number of rotatable bonds is 6. The molecule has 0 radical (unpaired) electrons. The van der Waals surface area contributed by atoms with Crippen molar-refractivity contribution in [1.82, 2.24) is 0 Å². The standard InChI is InChI=1S/C16H25NO2/c1-5-6-15(18)14(17)11-12-7-9-13(10-8-12)19-16(2,3)4/h5,7-10,14-15,18H,1,6,11,17H2,2-4H3/t14-,15-/m0/s1. The van der Waals surface area contributed by atoms with Gasteiger partial charge in [0, 0.05) is 6.04 Å². The van der Waals surface area contributed by atoms with Crippen LogP contribution in [-0.2, 0) is 6.42 Å². The third-order valence-electron chi connectivity index (χ3n) is 2.72. The predicted octanol–water partition coefficient (Wildman–Crippen LogP) is 2.67. The molecule has 1 rings (SSSR count). The molecule has 0 saturated heterocycles. The van der Waals surface area contributed by atoms with E-state index in [-0.39, 0.29) is 11.6 Å². The number of benzene rings is 1. The first-order chi connectivity index (χ1) is 8.81. The van der Waals surface area contributed by atoms with Crippen molar-refractivity contribution in [2.75, 3.05) is 0 Å². The van der Waals surface area contributed by atoms with Crippen molar-refractivity contribution in [3.63, 3.8) is 0 Å². The molecule has 3 nitrogen and oxygen atoms in total. The van der Waals surface area contributed by atoms with Crippen LogP contribution in [-0.4, -0.2) is 22.9 Å². The van der Waals surface area contributed by atoms with Crippen molar-refractivity contribution in [3.8, 4) is 5.75 Å². The number of aliphatic hydroxyl groups is 1. The van der Waals surface area contributed by atoms with Gasteiger partial charge in [-0.15, -0.1) is 6.58 Å². The van der Waals surface area contributed by atoms with Crippen LogP contribution >= 0.6 is 0 Å². The van der Waals surface area contributed by atoms with Gasteiger partial charge in [0.1, 0.15) is 11.4 Å². The second-order valence-corrected chi connectivity index (χ2v) is 5.82. The van der Waals surface area contributed by atoms with Gasteiger partial charge in [-0.2, -0.15) is 0 Å². The highest BCUT2D eigenvalue weighted by Gasteiger charge is 2.14. The molecule has 1 aromatic carbocycles. The van der Waals surface area contributed by atoms with Crippen LogP contribution in [0.1, 0.15) is 32.8 Å². The summed E-state index contributed by atoms with van der Waals surface area (Å²) in [5.74, 6) is 0.844. The lowest BCUT2D eigenvalue weighted by molar-refractivity contribution is 0.131. The average Bonchev–Trinajstić information content (AvgIpc) is 2.30. The smallest absolute Gasteiger partial charge is 0.120 e. The summed E-state index contributed by atoms with van der Waals surface area (Å²) in [5.41, 5.74) is 6.84. The Morgan fingerprint density at radius 2 is 1.89 bits per heavy atom. The Labute approximate surface area is 116 Å². The second-order valence-electron chi connectivity index (χ2n) is 5.82. The predicted molar refractivity (Wildman–Crippen MR) is 79.3 cm³/mol. The van der Waals surface area contributed by atoms with Crippen LogP contribution in [0.25, 0.3) is 0 Å². The van der Waals surface area contributed by atoms with Gasteiger partial charge in [0.25, 0.3) is 0 Å². The van der Waals surface area contributed by atoms with Crippen LogP contribution in [0.3, 0.4) is 0 Å². The Morgan fingerprint density at radius 1 is 1.32 bits per heavy atom. The van der Waals surface area contributed by atoms with Gasteiger partial charge in [0.05, 0.1) is 6.10 Å². The van der Waals surface area contributed by atoms with E-state index in [0.29, 0.717) is 12.8 Å². The van der Waals surface area contributed by atoms with Crippen molar-refractivity contribution in [1.29, 1.82) is 0 Å². The van der Waals surface area contributed by atoms with E-state index < -0.39 is 6.10 Å². The Kier molecular flexibility index (Phi) is 5.58. The van der Waals surface area contributed by atoms with Gasteiger partial charge >= 0.3 is 0 Å². The number of aliphatic hydroxyl groups excluding tert-OH is 1. The Balaban J connectivity index is 2.59. The summed E-state index contributed by atoms with van der Waals surface area (Å²) < 4.78 is 5.75. The number of ether oxygens (including phenoxy) is 1. The van der Waals surface area contributed by atoms with E-state index >= 15 is 0 Å². The molecule has 0 spiro atoms. The highest BCUT2D eigenvalue weighted by molar-refractivity contribution is 5.28. The summed E-state index contributed by atoms with van der Waals surface area (Å²) in [6, 6.07) is 7.58. The molecule has 0 bridgehead atoms. The maximum absolute atomic E-state index is 9.77. The fraction of sp³-hybridized carbons (Fsp3) is 0.500. The molecule has 0 saturated carbocycles. The van der Waals surface area contributed by atoms with Gasteiger partial charge < -0.3 is 15.6 Å².